The van der Waals surface area contributed by atoms with Crippen molar-refractivity contribution in [3.05, 3.63) is 24.2 Å². The number of rotatable bonds is 4. The van der Waals surface area contributed by atoms with Crippen LogP contribution < -0.4 is 0 Å². The van der Waals surface area contributed by atoms with E-state index in [0.717, 1.165) is 31.7 Å². The van der Waals surface area contributed by atoms with E-state index in [1.807, 2.05) is 6.07 Å². The van der Waals surface area contributed by atoms with Gasteiger partial charge in [-0.2, -0.15) is 0 Å². The highest BCUT2D eigenvalue weighted by molar-refractivity contribution is 5.69. The van der Waals surface area contributed by atoms with Crippen molar-refractivity contribution in [2.24, 2.45) is 5.92 Å². The molecule has 2 N–H and O–H groups in total. The molecule has 2 fully saturated rings. The first-order chi connectivity index (χ1) is 11.1. The molecule has 23 heavy (non-hydrogen) atoms. The number of carbonyl (C=O) groups is 2. The van der Waals surface area contributed by atoms with Gasteiger partial charge in [0.15, 0.2) is 0 Å². The van der Waals surface area contributed by atoms with Crippen LogP contribution in [0.3, 0.4) is 0 Å². The summed E-state index contributed by atoms with van der Waals surface area (Å²) in [6.45, 7) is 4.63. The maximum Gasteiger partial charge on any atom is 0.317 e. The zero-order valence-electron chi connectivity index (χ0n) is 12.8. The zero-order valence-corrected chi connectivity index (χ0v) is 12.8. The summed E-state index contributed by atoms with van der Waals surface area (Å²) in [7, 11) is 0. The summed E-state index contributed by atoms with van der Waals surface area (Å²) < 4.78 is 10.8. The predicted octanol–water partition coefficient (Wildman–Crippen LogP) is 0.198. The maximum atomic E-state index is 11.0. The minimum absolute atomic E-state index is 0.101. The molecule has 0 unspecified atom stereocenters. The van der Waals surface area contributed by atoms with E-state index >= 15 is 0 Å². The normalized spacial score (nSPS) is 25.0. The second-order valence-electron chi connectivity index (χ2n) is 5.81. The van der Waals surface area contributed by atoms with Crippen molar-refractivity contribution >= 4 is 12.4 Å². The molecule has 0 amide bonds. The van der Waals surface area contributed by atoms with Crippen molar-refractivity contribution in [3.63, 3.8) is 0 Å². The molecule has 2 bridgehead atoms. The topological polar surface area (TPSA) is 103 Å². The summed E-state index contributed by atoms with van der Waals surface area (Å²) in [6, 6.07) is 2.14. The number of aliphatic carboxylic acids is 1. The first-order valence-electron chi connectivity index (χ1n) is 7.47. The first kappa shape index (κ1) is 17.5. The average molecular weight is 326 g/mol. The van der Waals surface area contributed by atoms with E-state index in [9.17, 15) is 4.79 Å². The summed E-state index contributed by atoms with van der Waals surface area (Å²) in [5.41, 5.74) is 1.16. The number of hydrogen-bond acceptors (Lipinski definition) is 6. The van der Waals surface area contributed by atoms with Crippen LogP contribution in [0.15, 0.2) is 23.0 Å². The lowest BCUT2D eigenvalue weighted by molar-refractivity contribution is -0.139. The van der Waals surface area contributed by atoms with Gasteiger partial charge in [0.05, 0.1) is 32.3 Å². The third-order valence-corrected chi connectivity index (χ3v) is 3.98. The van der Waals surface area contributed by atoms with Crippen LogP contribution >= 0.6 is 0 Å². The molecule has 0 spiro atoms. The van der Waals surface area contributed by atoms with Gasteiger partial charge in [-0.1, -0.05) is 0 Å². The predicted molar refractivity (Wildman–Crippen MR) is 80.0 cm³/mol. The van der Waals surface area contributed by atoms with Gasteiger partial charge >= 0.3 is 5.97 Å². The molecule has 2 atom stereocenters. The van der Waals surface area contributed by atoms with Crippen molar-refractivity contribution in [3.8, 4) is 0 Å². The fourth-order valence-electron chi connectivity index (χ4n) is 3.16. The smallest absolute Gasteiger partial charge is 0.317 e. The molecule has 0 aromatic carbocycles. The molecule has 128 valence electrons. The number of nitrogens with zero attached hydrogens (tertiary/aromatic N) is 2. The molecule has 2 aliphatic rings. The van der Waals surface area contributed by atoms with Crippen LogP contribution in [0.5, 0.6) is 0 Å². The van der Waals surface area contributed by atoms with Gasteiger partial charge < -0.3 is 19.4 Å². The van der Waals surface area contributed by atoms with Crippen molar-refractivity contribution < 1.29 is 29.0 Å². The van der Waals surface area contributed by atoms with Gasteiger partial charge in [-0.15, -0.1) is 0 Å². The Morgan fingerprint density at radius 3 is 2.78 bits per heavy atom. The highest BCUT2D eigenvalue weighted by Gasteiger charge is 2.34. The van der Waals surface area contributed by atoms with E-state index in [0.29, 0.717) is 19.1 Å². The number of fused-ring (bicyclic) bond motifs is 3. The average Bonchev–Trinajstić information content (AvgIpc) is 2.83. The molecule has 2 aliphatic heterocycles. The lowest BCUT2D eigenvalue weighted by Gasteiger charge is -2.30. The Morgan fingerprint density at radius 1 is 1.35 bits per heavy atom. The molecule has 3 rings (SSSR count). The quantitative estimate of drug-likeness (QED) is 0.756. The van der Waals surface area contributed by atoms with Crippen molar-refractivity contribution in [1.82, 2.24) is 9.80 Å². The Bertz CT molecular complexity index is 492. The number of hydrogen-bond donors (Lipinski definition) is 2. The van der Waals surface area contributed by atoms with E-state index in [-0.39, 0.29) is 19.1 Å². The monoisotopic (exact) mass is 326 g/mol. The molecule has 1 aromatic rings. The van der Waals surface area contributed by atoms with E-state index in [1.54, 1.807) is 12.5 Å². The second-order valence-corrected chi connectivity index (χ2v) is 5.81. The number of carboxylic acid groups (broad SMARTS) is 2. The van der Waals surface area contributed by atoms with Gasteiger partial charge in [-0.3, -0.25) is 19.4 Å². The minimum atomic E-state index is -0.765. The van der Waals surface area contributed by atoms with E-state index in [1.165, 1.54) is 0 Å². The molecular formula is C15H22N2O6. The Hall–Kier alpha value is -1.90. The molecule has 8 heteroatoms. The molecule has 0 saturated carbocycles. The maximum absolute atomic E-state index is 11.0. The van der Waals surface area contributed by atoms with Crippen LogP contribution in [-0.4, -0.2) is 77.9 Å². The Balaban J connectivity index is 0.000000595. The standard InChI is InChI=1S/C14H20N2O4.CH2O2/c17-14(18)7-16-5-12-4-15(3-11-1-2-19-8-11)6-13(16)10-20-9-12;2-1-3/h1-2,8,12-13H,3-7,9-10H2,(H,17,18);1H,(H,2,3)/t12-,13-;/m0./s1. The first-order valence-corrected chi connectivity index (χ1v) is 7.47. The molecule has 1 aromatic heterocycles. The lowest BCUT2D eigenvalue weighted by Crippen LogP contribution is -2.45. The Labute approximate surface area is 134 Å². The van der Waals surface area contributed by atoms with Gasteiger partial charge in [0.25, 0.3) is 6.47 Å². The molecule has 0 radical (unpaired) electrons. The number of carboxylic acids is 1. The van der Waals surface area contributed by atoms with Gasteiger partial charge in [-0.05, 0) is 6.07 Å². The highest BCUT2D eigenvalue weighted by atomic mass is 16.5. The van der Waals surface area contributed by atoms with Gasteiger partial charge in [0, 0.05) is 43.7 Å². The number of ether oxygens (including phenoxy) is 1. The largest absolute Gasteiger partial charge is 0.483 e. The molecule has 8 nitrogen and oxygen atoms in total. The zero-order chi connectivity index (χ0) is 16.7. The Kier molecular flexibility index (Phi) is 6.57. The van der Waals surface area contributed by atoms with Crippen molar-refractivity contribution in [1.29, 1.82) is 0 Å². The van der Waals surface area contributed by atoms with Gasteiger partial charge in [-0.25, -0.2) is 0 Å². The summed E-state index contributed by atoms with van der Waals surface area (Å²) in [4.78, 5) is 23.8. The fraction of sp³-hybridized carbons (Fsp3) is 0.600. The van der Waals surface area contributed by atoms with Crippen molar-refractivity contribution in [2.45, 2.75) is 12.6 Å². The second kappa shape index (κ2) is 8.66. The van der Waals surface area contributed by atoms with Gasteiger partial charge in [0.2, 0.25) is 0 Å². The van der Waals surface area contributed by atoms with E-state index in [4.69, 9.17) is 24.2 Å². The minimum Gasteiger partial charge on any atom is -0.483 e. The van der Waals surface area contributed by atoms with E-state index in [2.05, 4.69) is 9.80 Å². The van der Waals surface area contributed by atoms with Crippen LogP contribution in [-0.2, 0) is 20.9 Å². The summed E-state index contributed by atoms with van der Waals surface area (Å²) in [5.74, 6) is -0.396. The van der Waals surface area contributed by atoms with Crippen molar-refractivity contribution in [2.75, 3.05) is 39.4 Å². The molecule has 3 heterocycles. The van der Waals surface area contributed by atoms with Crippen LogP contribution in [0.1, 0.15) is 5.56 Å². The molecular weight excluding hydrogens is 304 g/mol. The van der Waals surface area contributed by atoms with Crippen LogP contribution in [0.4, 0.5) is 0 Å². The lowest BCUT2D eigenvalue weighted by atomic mass is 10.1. The fourth-order valence-corrected chi connectivity index (χ4v) is 3.16. The summed E-state index contributed by atoms with van der Waals surface area (Å²) in [5, 5.41) is 15.9. The molecule has 0 aliphatic carbocycles. The van der Waals surface area contributed by atoms with Crippen LogP contribution in [0, 0.1) is 5.92 Å². The highest BCUT2D eigenvalue weighted by Crippen LogP contribution is 2.21. The van der Waals surface area contributed by atoms with Crippen LogP contribution in [0.2, 0.25) is 0 Å². The summed E-state index contributed by atoms with van der Waals surface area (Å²) >= 11 is 0. The molecule has 2 saturated heterocycles. The SMILES string of the molecule is O=C(O)CN1C[C@H]2COC[C@@H]1CN(Cc1ccoc1)C2.O=CO. The third kappa shape index (κ3) is 5.34. The van der Waals surface area contributed by atoms with Gasteiger partial charge in [0.1, 0.15) is 0 Å². The Morgan fingerprint density at radius 2 is 2.13 bits per heavy atom. The van der Waals surface area contributed by atoms with Crippen LogP contribution in [0.25, 0.3) is 0 Å². The van der Waals surface area contributed by atoms with E-state index < -0.39 is 5.97 Å². The third-order valence-electron chi connectivity index (χ3n) is 3.98. The number of furan rings is 1. The summed E-state index contributed by atoms with van der Waals surface area (Å²) in [6.07, 6.45) is 3.46.